The number of hydrogen-bond acceptors (Lipinski definition) is 4. The van der Waals surface area contributed by atoms with Gasteiger partial charge in [0.05, 0.1) is 10.7 Å². The lowest BCUT2D eigenvalue weighted by Crippen LogP contribution is -2.16. The average Bonchev–Trinajstić information content (AvgIpc) is 2.67. The van der Waals surface area contributed by atoms with Crippen LogP contribution < -0.4 is 10.5 Å². The zero-order valence-corrected chi connectivity index (χ0v) is 12.7. The van der Waals surface area contributed by atoms with Gasteiger partial charge in [-0.25, -0.2) is 8.42 Å². The molecule has 0 amide bonds. The number of nitrogens with one attached hydrogen (secondary N) is 1. The Bertz CT molecular complexity index is 738. The molecule has 108 valence electrons. The maximum absolute atomic E-state index is 12.5. The van der Waals surface area contributed by atoms with Gasteiger partial charge in [-0.3, -0.25) is 4.72 Å². The molecule has 2 aromatic rings. The summed E-state index contributed by atoms with van der Waals surface area (Å²) in [6.07, 6.45) is 0. The van der Waals surface area contributed by atoms with Crippen LogP contribution in [-0.2, 0) is 16.6 Å². The number of sulfonamides is 1. The highest BCUT2D eigenvalue weighted by Gasteiger charge is 2.26. The van der Waals surface area contributed by atoms with E-state index in [1.54, 1.807) is 38.1 Å². The molecule has 20 heavy (non-hydrogen) atoms. The molecule has 0 fully saturated rings. The van der Waals surface area contributed by atoms with Gasteiger partial charge >= 0.3 is 0 Å². The first-order chi connectivity index (χ1) is 9.36. The Labute approximate surface area is 122 Å². The van der Waals surface area contributed by atoms with Crippen LogP contribution in [0.1, 0.15) is 17.1 Å². The molecule has 1 heterocycles. The molecule has 0 unspecified atom stereocenters. The number of anilines is 1. The summed E-state index contributed by atoms with van der Waals surface area (Å²) in [5.41, 5.74) is 6.40. The highest BCUT2D eigenvalue weighted by Crippen LogP contribution is 2.30. The molecular formula is C13H15ClN2O3S. The van der Waals surface area contributed by atoms with Crippen LogP contribution in [0.3, 0.4) is 0 Å². The van der Waals surface area contributed by atoms with Crippen molar-refractivity contribution >= 4 is 27.3 Å². The largest absolute Gasteiger partial charge is 0.465 e. The number of aryl methyl sites for hydroxylation is 2. The standard InChI is InChI=1S/C13H15ClN2O3S/c1-8-10(7-15)13(9(2)19-8)20(17,18)16-12-6-4-3-5-11(12)14/h3-6,16H,7,15H2,1-2H3. The molecule has 0 radical (unpaired) electrons. The predicted octanol–water partition coefficient (Wildman–Crippen LogP) is 2.81. The Morgan fingerprint density at radius 1 is 1.25 bits per heavy atom. The summed E-state index contributed by atoms with van der Waals surface area (Å²) in [5.74, 6) is 0.812. The molecule has 1 aromatic heterocycles. The number of rotatable bonds is 4. The van der Waals surface area contributed by atoms with E-state index in [-0.39, 0.29) is 11.4 Å². The Morgan fingerprint density at radius 3 is 2.50 bits per heavy atom. The van der Waals surface area contributed by atoms with Crippen molar-refractivity contribution in [3.8, 4) is 0 Å². The molecule has 5 nitrogen and oxygen atoms in total. The van der Waals surface area contributed by atoms with Gasteiger partial charge in [0.2, 0.25) is 0 Å². The van der Waals surface area contributed by atoms with Crippen molar-refractivity contribution in [1.82, 2.24) is 0 Å². The monoisotopic (exact) mass is 314 g/mol. The molecule has 0 spiro atoms. The van der Waals surface area contributed by atoms with Gasteiger partial charge in [-0.05, 0) is 26.0 Å². The molecule has 0 saturated heterocycles. The molecule has 7 heteroatoms. The van der Waals surface area contributed by atoms with Crippen LogP contribution in [0.2, 0.25) is 5.02 Å². The maximum atomic E-state index is 12.5. The minimum absolute atomic E-state index is 0.0809. The van der Waals surface area contributed by atoms with Gasteiger partial charge in [0, 0.05) is 12.1 Å². The summed E-state index contributed by atoms with van der Waals surface area (Å²) in [4.78, 5) is 0.0809. The third-order valence-corrected chi connectivity index (χ3v) is 4.81. The van der Waals surface area contributed by atoms with Crippen LogP contribution in [0.5, 0.6) is 0 Å². The summed E-state index contributed by atoms with van der Waals surface area (Å²) >= 11 is 5.96. The van der Waals surface area contributed by atoms with E-state index in [0.29, 0.717) is 27.8 Å². The molecule has 0 bridgehead atoms. The second kappa shape index (κ2) is 5.47. The van der Waals surface area contributed by atoms with Crippen molar-refractivity contribution in [2.45, 2.75) is 25.3 Å². The number of hydrogen-bond donors (Lipinski definition) is 2. The van der Waals surface area contributed by atoms with Crippen LogP contribution in [0.15, 0.2) is 33.6 Å². The SMILES string of the molecule is Cc1oc(C)c(S(=O)(=O)Nc2ccccc2Cl)c1CN. The van der Waals surface area contributed by atoms with Gasteiger partial charge in [-0.15, -0.1) is 0 Å². The molecule has 0 saturated carbocycles. The van der Waals surface area contributed by atoms with Crippen molar-refractivity contribution in [2.24, 2.45) is 5.73 Å². The topological polar surface area (TPSA) is 85.3 Å². The summed E-state index contributed by atoms with van der Waals surface area (Å²) < 4.78 is 32.8. The number of para-hydroxylation sites is 1. The van der Waals surface area contributed by atoms with E-state index in [4.69, 9.17) is 21.8 Å². The first-order valence-electron chi connectivity index (χ1n) is 5.93. The highest BCUT2D eigenvalue weighted by atomic mass is 35.5. The maximum Gasteiger partial charge on any atom is 0.265 e. The highest BCUT2D eigenvalue weighted by molar-refractivity contribution is 7.92. The molecule has 0 aliphatic heterocycles. The van der Waals surface area contributed by atoms with E-state index in [1.165, 1.54) is 0 Å². The third-order valence-electron chi connectivity index (χ3n) is 2.92. The summed E-state index contributed by atoms with van der Waals surface area (Å²) in [5, 5.41) is 0.322. The second-order valence-electron chi connectivity index (χ2n) is 4.31. The zero-order valence-electron chi connectivity index (χ0n) is 11.1. The van der Waals surface area contributed by atoms with Gasteiger partial charge in [-0.2, -0.15) is 0 Å². The lowest BCUT2D eigenvalue weighted by Gasteiger charge is -2.10. The molecule has 0 aliphatic rings. The van der Waals surface area contributed by atoms with Crippen LogP contribution in [0, 0.1) is 13.8 Å². The van der Waals surface area contributed by atoms with Crippen LogP contribution in [0.25, 0.3) is 0 Å². The molecule has 3 N–H and O–H groups in total. The van der Waals surface area contributed by atoms with Crippen molar-refractivity contribution in [1.29, 1.82) is 0 Å². The second-order valence-corrected chi connectivity index (χ2v) is 6.34. The molecule has 0 aliphatic carbocycles. The molecule has 2 rings (SSSR count). The number of furan rings is 1. The van der Waals surface area contributed by atoms with Crippen LogP contribution in [0.4, 0.5) is 5.69 Å². The lowest BCUT2D eigenvalue weighted by molar-refractivity contribution is 0.494. The first kappa shape index (κ1) is 14.9. The summed E-state index contributed by atoms with van der Waals surface area (Å²) in [7, 11) is -3.80. The fraction of sp³-hybridized carbons (Fsp3) is 0.231. The Balaban J connectivity index is 2.49. The van der Waals surface area contributed by atoms with Crippen LogP contribution in [-0.4, -0.2) is 8.42 Å². The van der Waals surface area contributed by atoms with Crippen molar-refractivity contribution < 1.29 is 12.8 Å². The lowest BCUT2D eigenvalue weighted by atomic mass is 10.2. The van der Waals surface area contributed by atoms with E-state index in [0.717, 1.165) is 0 Å². The third kappa shape index (κ3) is 2.67. The minimum Gasteiger partial charge on any atom is -0.465 e. The van der Waals surface area contributed by atoms with Gasteiger partial charge in [0.15, 0.2) is 0 Å². The van der Waals surface area contributed by atoms with Gasteiger partial charge in [-0.1, -0.05) is 23.7 Å². The summed E-state index contributed by atoms with van der Waals surface area (Å²) in [6, 6.07) is 6.61. The smallest absolute Gasteiger partial charge is 0.265 e. The predicted molar refractivity (Wildman–Crippen MR) is 78.3 cm³/mol. The number of nitrogens with two attached hydrogens (primary N) is 1. The minimum atomic E-state index is -3.80. The van der Waals surface area contributed by atoms with Crippen molar-refractivity contribution in [3.63, 3.8) is 0 Å². The van der Waals surface area contributed by atoms with E-state index in [1.807, 2.05) is 0 Å². The van der Waals surface area contributed by atoms with Crippen LogP contribution >= 0.6 is 11.6 Å². The fourth-order valence-corrected chi connectivity index (χ4v) is 3.82. The Hall–Kier alpha value is -1.50. The Morgan fingerprint density at radius 2 is 1.90 bits per heavy atom. The summed E-state index contributed by atoms with van der Waals surface area (Å²) in [6.45, 7) is 3.36. The number of halogens is 1. The normalized spacial score (nSPS) is 11.6. The van der Waals surface area contributed by atoms with Gasteiger partial charge < -0.3 is 10.2 Å². The van der Waals surface area contributed by atoms with E-state index >= 15 is 0 Å². The zero-order chi connectivity index (χ0) is 14.9. The quantitative estimate of drug-likeness (QED) is 0.908. The van der Waals surface area contributed by atoms with Gasteiger partial charge in [0.25, 0.3) is 10.0 Å². The fourth-order valence-electron chi connectivity index (χ4n) is 2.04. The van der Waals surface area contributed by atoms with E-state index < -0.39 is 10.0 Å². The molecule has 1 aromatic carbocycles. The molecule has 0 atom stereocenters. The molecular weight excluding hydrogens is 300 g/mol. The van der Waals surface area contributed by atoms with Gasteiger partial charge in [0.1, 0.15) is 16.4 Å². The van der Waals surface area contributed by atoms with Crippen molar-refractivity contribution in [2.75, 3.05) is 4.72 Å². The van der Waals surface area contributed by atoms with E-state index in [2.05, 4.69) is 4.72 Å². The first-order valence-corrected chi connectivity index (χ1v) is 7.79. The Kier molecular flexibility index (Phi) is 4.08. The van der Waals surface area contributed by atoms with E-state index in [9.17, 15) is 8.42 Å². The number of benzene rings is 1. The van der Waals surface area contributed by atoms with Crippen molar-refractivity contribution in [3.05, 3.63) is 46.4 Å². The average molecular weight is 315 g/mol.